The lowest BCUT2D eigenvalue weighted by Crippen LogP contribution is -2.52. The first kappa shape index (κ1) is 14.4. The minimum absolute atomic E-state index is 0.0374. The van der Waals surface area contributed by atoms with Crippen molar-refractivity contribution in [3.63, 3.8) is 0 Å². The van der Waals surface area contributed by atoms with E-state index in [-0.39, 0.29) is 12.1 Å². The quantitative estimate of drug-likeness (QED) is 0.600. The minimum atomic E-state index is -0.825. The third-order valence-electron chi connectivity index (χ3n) is 3.14. The molecule has 0 aliphatic carbocycles. The van der Waals surface area contributed by atoms with Gasteiger partial charge >= 0.3 is 5.97 Å². The lowest BCUT2D eigenvalue weighted by Gasteiger charge is -2.34. The van der Waals surface area contributed by atoms with Gasteiger partial charge in [0.25, 0.3) is 0 Å². The molecule has 0 fully saturated rings. The Morgan fingerprint density at radius 2 is 1.73 bits per heavy atom. The van der Waals surface area contributed by atoms with Crippen LogP contribution >= 0.6 is 0 Å². The van der Waals surface area contributed by atoms with Crippen LogP contribution in [0.3, 0.4) is 0 Å². The van der Waals surface area contributed by atoms with Crippen LogP contribution in [-0.2, 0) is 4.79 Å². The first-order valence-corrected chi connectivity index (χ1v) is 5.43. The van der Waals surface area contributed by atoms with E-state index in [0.29, 0.717) is 6.54 Å². The molecule has 0 saturated carbocycles. The van der Waals surface area contributed by atoms with E-state index in [4.69, 9.17) is 5.11 Å². The molecule has 0 spiro atoms. The number of hydrogen-bond donors (Lipinski definition) is 3. The Bertz CT molecular complexity index is 202. The summed E-state index contributed by atoms with van der Waals surface area (Å²) in [5, 5.41) is 21.4. The van der Waals surface area contributed by atoms with E-state index >= 15 is 0 Å². The van der Waals surface area contributed by atoms with Gasteiger partial charge in [-0.25, -0.2) is 0 Å². The van der Waals surface area contributed by atoms with Crippen molar-refractivity contribution < 1.29 is 15.0 Å². The molecule has 0 aromatic carbocycles. The zero-order valence-corrected chi connectivity index (χ0v) is 10.1. The Kier molecular flexibility index (Phi) is 5.24. The average molecular weight is 217 g/mol. The van der Waals surface area contributed by atoms with Crippen molar-refractivity contribution in [3.8, 4) is 0 Å². The maximum atomic E-state index is 10.9. The van der Waals surface area contributed by atoms with Gasteiger partial charge in [0.2, 0.25) is 0 Å². The Hall–Kier alpha value is -0.610. The van der Waals surface area contributed by atoms with Gasteiger partial charge in [0.1, 0.15) is 0 Å². The lowest BCUT2D eigenvalue weighted by molar-refractivity contribution is -0.146. The Balaban J connectivity index is 4.40. The van der Waals surface area contributed by atoms with Crippen LogP contribution < -0.4 is 5.32 Å². The molecule has 0 aliphatic heterocycles. The highest BCUT2D eigenvalue weighted by atomic mass is 16.4. The second kappa shape index (κ2) is 5.47. The monoisotopic (exact) mass is 217 g/mol. The molecule has 0 amide bonds. The maximum absolute atomic E-state index is 10.9. The molecule has 0 heterocycles. The van der Waals surface area contributed by atoms with E-state index in [0.717, 1.165) is 12.8 Å². The van der Waals surface area contributed by atoms with Gasteiger partial charge in [-0.2, -0.15) is 0 Å². The molecule has 90 valence electrons. The first-order valence-electron chi connectivity index (χ1n) is 5.43. The summed E-state index contributed by atoms with van der Waals surface area (Å²) in [6.45, 7) is 7.73. The highest BCUT2D eigenvalue weighted by molar-refractivity contribution is 5.73. The van der Waals surface area contributed by atoms with E-state index in [1.807, 2.05) is 13.8 Å². The molecule has 0 rings (SSSR count). The van der Waals surface area contributed by atoms with Crippen molar-refractivity contribution in [1.82, 2.24) is 5.32 Å². The zero-order chi connectivity index (χ0) is 12.1. The number of carboxylic acids is 1. The normalized spacial score (nSPS) is 12.9. The molecule has 4 nitrogen and oxygen atoms in total. The molecule has 0 bridgehead atoms. The summed E-state index contributed by atoms with van der Waals surface area (Å²) >= 11 is 0. The van der Waals surface area contributed by atoms with Crippen molar-refractivity contribution in [3.05, 3.63) is 0 Å². The van der Waals surface area contributed by atoms with Crippen LogP contribution in [0.5, 0.6) is 0 Å². The molecule has 0 saturated heterocycles. The number of aliphatic hydroxyl groups excluding tert-OH is 1. The van der Waals surface area contributed by atoms with Crippen molar-refractivity contribution in [2.45, 2.75) is 46.1 Å². The Labute approximate surface area is 91.7 Å². The Morgan fingerprint density at radius 1 is 1.27 bits per heavy atom. The number of aliphatic carboxylic acids is 1. The van der Waals surface area contributed by atoms with Gasteiger partial charge in [-0.3, -0.25) is 4.79 Å². The predicted molar refractivity (Wildman–Crippen MR) is 59.8 cm³/mol. The van der Waals surface area contributed by atoms with Crippen LogP contribution in [0.1, 0.15) is 40.5 Å². The zero-order valence-electron chi connectivity index (χ0n) is 10.1. The maximum Gasteiger partial charge on any atom is 0.310 e. The van der Waals surface area contributed by atoms with Gasteiger partial charge in [0.15, 0.2) is 0 Å². The first-order chi connectivity index (χ1) is 6.83. The second-order valence-electron chi connectivity index (χ2n) is 4.69. The van der Waals surface area contributed by atoms with Crippen LogP contribution in [0.4, 0.5) is 0 Å². The highest BCUT2D eigenvalue weighted by Crippen LogP contribution is 2.19. The van der Waals surface area contributed by atoms with Crippen LogP contribution in [0.25, 0.3) is 0 Å². The topological polar surface area (TPSA) is 69.6 Å². The molecule has 0 aliphatic rings. The molecule has 0 radical (unpaired) electrons. The summed E-state index contributed by atoms with van der Waals surface area (Å²) in [6, 6.07) is 0. The SMILES string of the molecule is CCC(CC)(CO)NCC(C)(C)C(=O)O. The third kappa shape index (κ3) is 3.80. The van der Waals surface area contributed by atoms with E-state index in [1.54, 1.807) is 13.8 Å². The fourth-order valence-corrected chi connectivity index (χ4v) is 1.26. The van der Waals surface area contributed by atoms with Crippen LogP contribution in [0.15, 0.2) is 0 Å². The number of carbonyl (C=O) groups is 1. The Morgan fingerprint density at radius 3 is 2.00 bits per heavy atom. The highest BCUT2D eigenvalue weighted by Gasteiger charge is 2.32. The average Bonchev–Trinajstić information content (AvgIpc) is 2.20. The van der Waals surface area contributed by atoms with Gasteiger partial charge < -0.3 is 15.5 Å². The molecular weight excluding hydrogens is 194 g/mol. The number of hydrogen-bond acceptors (Lipinski definition) is 3. The summed E-state index contributed by atoms with van der Waals surface area (Å²) in [7, 11) is 0. The second-order valence-corrected chi connectivity index (χ2v) is 4.69. The van der Waals surface area contributed by atoms with E-state index < -0.39 is 11.4 Å². The molecule has 0 atom stereocenters. The summed E-state index contributed by atoms with van der Waals surface area (Å²) in [5.41, 5.74) is -1.14. The summed E-state index contributed by atoms with van der Waals surface area (Å²) in [6.07, 6.45) is 1.57. The molecule has 3 N–H and O–H groups in total. The van der Waals surface area contributed by atoms with E-state index in [1.165, 1.54) is 0 Å². The summed E-state index contributed by atoms with van der Waals surface area (Å²) in [4.78, 5) is 10.9. The van der Waals surface area contributed by atoms with Crippen LogP contribution in [0.2, 0.25) is 0 Å². The minimum Gasteiger partial charge on any atom is -0.481 e. The molecule has 0 aromatic heterocycles. The fourth-order valence-electron chi connectivity index (χ4n) is 1.26. The van der Waals surface area contributed by atoms with Crippen molar-refractivity contribution in [2.24, 2.45) is 5.41 Å². The number of rotatable bonds is 7. The smallest absolute Gasteiger partial charge is 0.310 e. The van der Waals surface area contributed by atoms with Crippen molar-refractivity contribution in [1.29, 1.82) is 0 Å². The number of aliphatic hydroxyl groups is 1. The van der Waals surface area contributed by atoms with Gasteiger partial charge in [0, 0.05) is 12.1 Å². The predicted octanol–water partition coefficient (Wildman–Crippen LogP) is 1.24. The van der Waals surface area contributed by atoms with Gasteiger partial charge in [-0.1, -0.05) is 13.8 Å². The molecule has 0 unspecified atom stereocenters. The van der Waals surface area contributed by atoms with Crippen LogP contribution in [0, 0.1) is 5.41 Å². The summed E-state index contributed by atoms with van der Waals surface area (Å²) in [5.74, 6) is -0.825. The van der Waals surface area contributed by atoms with Crippen molar-refractivity contribution >= 4 is 5.97 Å². The van der Waals surface area contributed by atoms with Gasteiger partial charge in [-0.05, 0) is 26.7 Å². The van der Waals surface area contributed by atoms with E-state index in [2.05, 4.69) is 5.32 Å². The fraction of sp³-hybridized carbons (Fsp3) is 0.909. The lowest BCUT2D eigenvalue weighted by atomic mass is 9.89. The number of carboxylic acid groups (broad SMARTS) is 1. The van der Waals surface area contributed by atoms with Crippen LogP contribution in [-0.4, -0.2) is 34.9 Å². The standard InChI is InChI=1S/C11H23NO3/c1-5-11(6-2,8-13)12-7-10(3,4)9(14)15/h12-13H,5-8H2,1-4H3,(H,14,15). The van der Waals surface area contributed by atoms with Gasteiger partial charge in [-0.15, -0.1) is 0 Å². The number of nitrogens with one attached hydrogen (secondary N) is 1. The van der Waals surface area contributed by atoms with E-state index in [9.17, 15) is 9.90 Å². The summed E-state index contributed by atoms with van der Waals surface area (Å²) < 4.78 is 0. The van der Waals surface area contributed by atoms with Gasteiger partial charge in [0.05, 0.1) is 12.0 Å². The largest absolute Gasteiger partial charge is 0.481 e. The molecule has 15 heavy (non-hydrogen) atoms. The third-order valence-corrected chi connectivity index (χ3v) is 3.14. The molecule has 4 heteroatoms. The van der Waals surface area contributed by atoms with Crippen molar-refractivity contribution in [2.75, 3.05) is 13.2 Å². The molecular formula is C11H23NO3. The molecule has 0 aromatic rings.